The van der Waals surface area contributed by atoms with E-state index < -0.39 is 0 Å². The van der Waals surface area contributed by atoms with Crippen LogP contribution >= 0.6 is 0 Å². The molecular weight excluding hydrogens is 166 g/mol. The van der Waals surface area contributed by atoms with Crippen LogP contribution in [0.2, 0.25) is 0 Å². The lowest BCUT2D eigenvalue weighted by atomic mass is 10.1. The summed E-state index contributed by atoms with van der Waals surface area (Å²) in [5.41, 5.74) is 5.03. The standard InChI is InChI=1S/C9H19N3O/c10-9(13)2-1-5-12-8-3-6-11-7-4-8/h8,11-12H,1-7H2,(H2,10,13). The van der Waals surface area contributed by atoms with Crippen molar-refractivity contribution in [2.24, 2.45) is 5.73 Å². The van der Waals surface area contributed by atoms with Crippen molar-refractivity contribution in [1.82, 2.24) is 10.6 Å². The fourth-order valence-corrected chi connectivity index (χ4v) is 1.59. The van der Waals surface area contributed by atoms with Gasteiger partial charge >= 0.3 is 0 Å². The Kier molecular flexibility index (Phi) is 4.78. The first-order chi connectivity index (χ1) is 6.29. The molecule has 13 heavy (non-hydrogen) atoms. The molecule has 0 spiro atoms. The molecule has 0 unspecified atom stereocenters. The zero-order valence-corrected chi connectivity index (χ0v) is 8.01. The molecule has 1 aliphatic rings. The van der Waals surface area contributed by atoms with Crippen LogP contribution in [0.1, 0.15) is 25.7 Å². The van der Waals surface area contributed by atoms with Gasteiger partial charge in [0.25, 0.3) is 0 Å². The lowest BCUT2D eigenvalue weighted by molar-refractivity contribution is -0.118. The number of carbonyl (C=O) groups excluding carboxylic acids is 1. The van der Waals surface area contributed by atoms with E-state index in [-0.39, 0.29) is 5.91 Å². The van der Waals surface area contributed by atoms with Gasteiger partial charge in [0.05, 0.1) is 0 Å². The van der Waals surface area contributed by atoms with Crippen molar-refractivity contribution < 1.29 is 4.79 Å². The molecule has 4 heteroatoms. The molecule has 0 bridgehead atoms. The van der Waals surface area contributed by atoms with Gasteiger partial charge in [0, 0.05) is 12.5 Å². The molecule has 0 aromatic carbocycles. The van der Waals surface area contributed by atoms with Crippen molar-refractivity contribution in [3.05, 3.63) is 0 Å². The lowest BCUT2D eigenvalue weighted by Crippen LogP contribution is -2.40. The summed E-state index contributed by atoms with van der Waals surface area (Å²) in [5.74, 6) is -0.202. The molecule has 1 aliphatic heterocycles. The predicted molar refractivity (Wildman–Crippen MR) is 52.3 cm³/mol. The first kappa shape index (κ1) is 10.5. The number of hydrogen-bond acceptors (Lipinski definition) is 3. The Bertz CT molecular complexity index is 155. The maximum atomic E-state index is 10.4. The van der Waals surface area contributed by atoms with Gasteiger partial charge in [-0.15, -0.1) is 0 Å². The van der Waals surface area contributed by atoms with E-state index in [1.807, 2.05) is 0 Å². The summed E-state index contributed by atoms with van der Waals surface area (Å²) >= 11 is 0. The van der Waals surface area contributed by atoms with E-state index in [1.165, 1.54) is 12.8 Å². The maximum Gasteiger partial charge on any atom is 0.217 e. The summed E-state index contributed by atoms with van der Waals surface area (Å²) in [6.45, 7) is 3.12. The van der Waals surface area contributed by atoms with Gasteiger partial charge in [-0.3, -0.25) is 4.79 Å². The number of amides is 1. The highest BCUT2D eigenvalue weighted by Crippen LogP contribution is 2.01. The average Bonchev–Trinajstić information content (AvgIpc) is 2.14. The third-order valence-corrected chi connectivity index (χ3v) is 2.37. The SMILES string of the molecule is NC(=O)CCCNC1CCNCC1. The number of carbonyl (C=O) groups is 1. The average molecular weight is 185 g/mol. The third-order valence-electron chi connectivity index (χ3n) is 2.37. The summed E-state index contributed by atoms with van der Waals surface area (Å²) in [5, 5.41) is 6.74. The first-order valence-corrected chi connectivity index (χ1v) is 5.01. The van der Waals surface area contributed by atoms with Crippen LogP contribution in [-0.2, 0) is 4.79 Å². The van der Waals surface area contributed by atoms with Crippen molar-refractivity contribution in [3.63, 3.8) is 0 Å². The summed E-state index contributed by atoms with van der Waals surface area (Å²) < 4.78 is 0. The molecule has 0 atom stereocenters. The van der Waals surface area contributed by atoms with Crippen LogP contribution < -0.4 is 16.4 Å². The number of rotatable bonds is 5. The number of piperidine rings is 1. The quantitative estimate of drug-likeness (QED) is 0.510. The minimum atomic E-state index is -0.202. The van der Waals surface area contributed by atoms with E-state index >= 15 is 0 Å². The van der Waals surface area contributed by atoms with Crippen molar-refractivity contribution >= 4 is 5.91 Å². The topological polar surface area (TPSA) is 67.2 Å². The molecule has 0 saturated carbocycles. The third kappa shape index (κ3) is 4.85. The maximum absolute atomic E-state index is 10.4. The Morgan fingerprint density at radius 2 is 2.15 bits per heavy atom. The predicted octanol–water partition coefficient (Wildman–Crippen LogP) is -0.406. The van der Waals surface area contributed by atoms with Crippen LogP contribution in [0.3, 0.4) is 0 Å². The zero-order chi connectivity index (χ0) is 9.52. The molecule has 0 radical (unpaired) electrons. The molecule has 0 aromatic rings. The monoisotopic (exact) mass is 185 g/mol. The van der Waals surface area contributed by atoms with Crippen molar-refractivity contribution in [2.45, 2.75) is 31.7 Å². The fourth-order valence-electron chi connectivity index (χ4n) is 1.59. The minimum absolute atomic E-state index is 0.202. The fraction of sp³-hybridized carbons (Fsp3) is 0.889. The van der Waals surface area contributed by atoms with Crippen molar-refractivity contribution in [3.8, 4) is 0 Å². The first-order valence-electron chi connectivity index (χ1n) is 5.01. The molecule has 0 aliphatic carbocycles. The van der Waals surface area contributed by atoms with Gasteiger partial charge in [-0.25, -0.2) is 0 Å². The van der Waals surface area contributed by atoms with Gasteiger partial charge in [0.15, 0.2) is 0 Å². The Hall–Kier alpha value is -0.610. The molecular formula is C9H19N3O. The Morgan fingerprint density at radius 3 is 2.77 bits per heavy atom. The van der Waals surface area contributed by atoms with E-state index in [9.17, 15) is 4.79 Å². The highest BCUT2D eigenvalue weighted by atomic mass is 16.1. The second-order valence-corrected chi connectivity index (χ2v) is 3.55. The van der Waals surface area contributed by atoms with Gasteiger partial charge < -0.3 is 16.4 Å². The van der Waals surface area contributed by atoms with Crippen LogP contribution in [0.15, 0.2) is 0 Å². The van der Waals surface area contributed by atoms with E-state index in [4.69, 9.17) is 5.73 Å². The molecule has 1 fully saturated rings. The number of primary amides is 1. The second kappa shape index (κ2) is 5.94. The van der Waals surface area contributed by atoms with Gasteiger partial charge in [0.1, 0.15) is 0 Å². The number of nitrogens with one attached hydrogen (secondary N) is 2. The van der Waals surface area contributed by atoms with Crippen molar-refractivity contribution in [2.75, 3.05) is 19.6 Å². The lowest BCUT2D eigenvalue weighted by Gasteiger charge is -2.23. The van der Waals surface area contributed by atoms with Crippen LogP contribution in [0, 0.1) is 0 Å². The molecule has 76 valence electrons. The largest absolute Gasteiger partial charge is 0.370 e. The van der Waals surface area contributed by atoms with Gasteiger partial charge in [-0.05, 0) is 38.9 Å². The highest BCUT2D eigenvalue weighted by Gasteiger charge is 2.11. The van der Waals surface area contributed by atoms with Gasteiger partial charge in [-0.1, -0.05) is 0 Å². The molecule has 4 N–H and O–H groups in total. The minimum Gasteiger partial charge on any atom is -0.370 e. The normalized spacial score (nSPS) is 18.8. The van der Waals surface area contributed by atoms with E-state index in [1.54, 1.807) is 0 Å². The number of hydrogen-bond donors (Lipinski definition) is 3. The van der Waals surface area contributed by atoms with Crippen LogP contribution in [0.4, 0.5) is 0 Å². The number of nitrogens with two attached hydrogens (primary N) is 1. The van der Waals surface area contributed by atoms with E-state index in [0.717, 1.165) is 26.1 Å². The highest BCUT2D eigenvalue weighted by molar-refractivity contribution is 5.73. The Labute approximate surface area is 79.3 Å². The zero-order valence-electron chi connectivity index (χ0n) is 8.01. The van der Waals surface area contributed by atoms with E-state index in [0.29, 0.717) is 12.5 Å². The Balaban J connectivity index is 1.95. The van der Waals surface area contributed by atoms with Gasteiger partial charge in [0.2, 0.25) is 5.91 Å². The second-order valence-electron chi connectivity index (χ2n) is 3.55. The van der Waals surface area contributed by atoms with E-state index in [2.05, 4.69) is 10.6 Å². The molecule has 1 heterocycles. The molecule has 1 saturated heterocycles. The molecule has 1 amide bonds. The smallest absolute Gasteiger partial charge is 0.217 e. The molecule has 1 rings (SSSR count). The summed E-state index contributed by atoms with van der Waals surface area (Å²) in [6, 6.07) is 0.633. The van der Waals surface area contributed by atoms with Crippen LogP contribution in [0.25, 0.3) is 0 Å². The van der Waals surface area contributed by atoms with Gasteiger partial charge in [-0.2, -0.15) is 0 Å². The summed E-state index contributed by atoms with van der Waals surface area (Å²) in [4.78, 5) is 10.4. The van der Waals surface area contributed by atoms with Crippen LogP contribution in [-0.4, -0.2) is 31.6 Å². The summed E-state index contributed by atoms with van der Waals surface area (Å²) in [6.07, 6.45) is 3.74. The summed E-state index contributed by atoms with van der Waals surface area (Å²) in [7, 11) is 0. The van der Waals surface area contributed by atoms with Crippen LogP contribution in [0.5, 0.6) is 0 Å². The Morgan fingerprint density at radius 1 is 1.46 bits per heavy atom. The molecule has 4 nitrogen and oxygen atoms in total. The van der Waals surface area contributed by atoms with Crippen molar-refractivity contribution in [1.29, 1.82) is 0 Å². The molecule has 0 aromatic heterocycles.